The lowest BCUT2D eigenvalue weighted by Crippen LogP contribution is -2.54. The molecule has 3 rings (SSSR count). The van der Waals surface area contributed by atoms with Crippen molar-refractivity contribution in [3.63, 3.8) is 0 Å². The summed E-state index contributed by atoms with van der Waals surface area (Å²) >= 11 is 0. The molecule has 27 heavy (non-hydrogen) atoms. The number of carboxylic acids is 1. The van der Waals surface area contributed by atoms with Crippen molar-refractivity contribution in [1.29, 1.82) is 0 Å². The molecular formula is C19H23N3O5. The van der Waals surface area contributed by atoms with Gasteiger partial charge in [0.25, 0.3) is 5.91 Å². The van der Waals surface area contributed by atoms with Gasteiger partial charge in [-0.1, -0.05) is 12.1 Å². The second-order valence-electron chi connectivity index (χ2n) is 7.18. The maximum Gasteiger partial charge on any atom is 0.336 e. The smallest absolute Gasteiger partial charge is 0.336 e. The average molecular weight is 373 g/mol. The number of nitrogens with one attached hydrogen (secondary N) is 1. The Morgan fingerprint density at radius 1 is 1.26 bits per heavy atom. The molecule has 0 saturated carbocycles. The van der Waals surface area contributed by atoms with Gasteiger partial charge in [0.15, 0.2) is 17.5 Å². The summed E-state index contributed by atoms with van der Waals surface area (Å²) in [4.78, 5) is 24.3. The minimum atomic E-state index is -1.63. The monoisotopic (exact) mass is 373 g/mol. The van der Waals surface area contributed by atoms with Crippen LogP contribution in [0.25, 0.3) is 5.69 Å². The van der Waals surface area contributed by atoms with Gasteiger partial charge in [-0.2, -0.15) is 5.10 Å². The van der Waals surface area contributed by atoms with Gasteiger partial charge in [-0.3, -0.25) is 4.79 Å². The molecule has 1 aliphatic heterocycles. The number of carbonyl (C=O) groups is 2. The van der Waals surface area contributed by atoms with E-state index in [1.54, 1.807) is 24.7 Å². The molecule has 1 fully saturated rings. The van der Waals surface area contributed by atoms with Gasteiger partial charge in [0, 0.05) is 12.4 Å². The normalized spacial score (nSPS) is 25.1. The van der Waals surface area contributed by atoms with E-state index in [2.05, 4.69) is 10.4 Å². The van der Waals surface area contributed by atoms with Gasteiger partial charge in [0.05, 0.1) is 11.7 Å². The summed E-state index contributed by atoms with van der Waals surface area (Å²) in [6.07, 6.45) is 2.15. The predicted molar refractivity (Wildman–Crippen MR) is 96.2 cm³/mol. The van der Waals surface area contributed by atoms with E-state index in [9.17, 15) is 14.7 Å². The van der Waals surface area contributed by atoms with E-state index >= 15 is 0 Å². The van der Waals surface area contributed by atoms with Crippen LogP contribution in [0.2, 0.25) is 0 Å². The number of ether oxygens (including phenoxy) is 2. The van der Waals surface area contributed by atoms with E-state index in [4.69, 9.17) is 9.47 Å². The number of benzene rings is 1. The Morgan fingerprint density at radius 2 is 1.93 bits per heavy atom. The standard InChI is InChI=1S/C19H23N3O5/c1-12(13-6-8-14(9-7-13)22-11-5-10-20-22)21-17(25)19(4)15(16(23)24)26-18(2,3)27-19/h5-12,15H,1-4H3,(H,21,25)(H,23,24)/t12-,15+,19-/m1/s1. The van der Waals surface area contributed by atoms with Crippen LogP contribution >= 0.6 is 0 Å². The lowest BCUT2D eigenvalue weighted by Gasteiger charge is -2.28. The molecule has 144 valence electrons. The first-order chi connectivity index (χ1) is 12.6. The minimum absolute atomic E-state index is 0.345. The highest BCUT2D eigenvalue weighted by molar-refractivity contribution is 5.92. The summed E-state index contributed by atoms with van der Waals surface area (Å²) in [5.41, 5.74) is 0.140. The molecule has 0 spiro atoms. The zero-order valence-corrected chi connectivity index (χ0v) is 15.7. The van der Waals surface area contributed by atoms with Gasteiger partial charge in [0.2, 0.25) is 0 Å². The van der Waals surface area contributed by atoms with Gasteiger partial charge in [-0.15, -0.1) is 0 Å². The van der Waals surface area contributed by atoms with Crippen LogP contribution in [0.1, 0.15) is 39.3 Å². The van der Waals surface area contributed by atoms with E-state index in [-0.39, 0.29) is 6.04 Å². The van der Waals surface area contributed by atoms with E-state index in [0.29, 0.717) is 0 Å². The Hall–Kier alpha value is -2.71. The topological polar surface area (TPSA) is 103 Å². The van der Waals surface area contributed by atoms with Crippen molar-refractivity contribution in [3.05, 3.63) is 48.3 Å². The first kappa shape index (κ1) is 19.1. The third kappa shape index (κ3) is 3.72. The molecule has 0 radical (unpaired) electrons. The number of hydrogen-bond acceptors (Lipinski definition) is 5. The van der Waals surface area contributed by atoms with Gasteiger partial charge in [0.1, 0.15) is 0 Å². The Balaban J connectivity index is 1.74. The fourth-order valence-corrected chi connectivity index (χ4v) is 3.20. The average Bonchev–Trinajstić information content (AvgIpc) is 3.21. The van der Waals surface area contributed by atoms with E-state index in [1.165, 1.54) is 6.92 Å². The van der Waals surface area contributed by atoms with Crippen molar-refractivity contribution in [2.45, 2.75) is 51.2 Å². The molecule has 1 aliphatic rings. The van der Waals surface area contributed by atoms with Crippen molar-refractivity contribution in [2.24, 2.45) is 0 Å². The van der Waals surface area contributed by atoms with Crippen LogP contribution in [0.3, 0.4) is 0 Å². The lowest BCUT2D eigenvalue weighted by atomic mass is 9.97. The van der Waals surface area contributed by atoms with Crippen molar-refractivity contribution in [2.75, 3.05) is 0 Å². The number of rotatable bonds is 5. The first-order valence-electron chi connectivity index (χ1n) is 8.64. The summed E-state index contributed by atoms with van der Waals surface area (Å²) in [5, 5.41) is 16.4. The number of nitrogens with zero attached hydrogens (tertiary/aromatic N) is 2. The number of carbonyl (C=O) groups excluding carboxylic acids is 1. The Labute approximate surface area is 157 Å². The summed E-state index contributed by atoms with van der Waals surface area (Å²) < 4.78 is 12.8. The summed E-state index contributed by atoms with van der Waals surface area (Å²) in [7, 11) is 0. The maximum atomic E-state index is 12.8. The molecule has 0 bridgehead atoms. The highest BCUT2D eigenvalue weighted by Crippen LogP contribution is 2.37. The fraction of sp³-hybridized carbons (Fsp3) is 0.421. The minimum Gasteiger partial charge on any atom is -0.479 e. The van der Waals surface area contributed by atoms with Crippen LogP contribution in [0.15, 0.2) is 42.7 Å². The first-order valence-corrected chi connectivity index (χ1v) is 8.64. The largest absolute Gasteiger partial charge is 0.479 e. The van der Waals surface area contributed by atoms with Crippen molar-refractivity contribution < 1.29 is 24.2 Å². The molecule has 1 aromatic heterocycles. The SMILES string of the molecule is C[C@@H](NC(=O)[C@]1(C)OC(C)(C)O[C@H]1C(=O)O)c1ccc(-n2cccn2)cc1. The molecule has 1 saturated heterocycles. The van der Waals surface area contributed by atoms with Crippen LogP contribution in [0.4, 0.5) is 0 Å². The molecule has 0 unspecified atom stereocenters. The highest BCUT2D eigenvalue weighted by atomic mass is 16.8. The number of carboxylic acid groups (broad SMARTS) is 1. The highest BCUT2D eigenvalue weighted by Gasteiger charge is 2.58. The van der Waals surface area contributed by atoms with Gasteiger partial charge in [-0.25, -0.2) is 9.48 Å². The van der Waals surface area contributed by atoms with Gasteiger partial charge >= 0.3 is 5.97 Å². The molecule has 8 nitrogen and oxygen atoms in total. The molecular weight excluding hydrogens is 350 g/mol. The van der Waals surface area contributed by atoms with E-state index < -0.39 is 29.4 Å². The van der Waals surface area contributed by atoms with Crippen molar-refractivity contribution in [3.8, 4) is 5.69 Å². The lowest BCUT2D eigenvalue weighted by molar-refractivity contribution is -0.173. The van der Waals surface area contributed by atoms with Crippen molar-refractivity contribution >= 4 is 11.9 Å². The number of aromatic nitrogens is 2. The van der Waals surface area contributed by atoms with Gasteiger partial charge < -0.3 is 19.9 Å². The zero-order valence-electron chi connectivity index (χ0n) is 15.7. The molecule has 2 N–H and O–H groups in total. The quantitative estimate of drug-likeness (QED) is 0.831. The fourth-order valence-electron chi connectivity index (χ4n) is 3.20. The third-order valence-corrected chi connectivity index (χ3v) is 4.54. The summed E-state index contributed by atoms with van der Waals surface area (Å²) in [5.74, 6) is -2.94. The number of aliphatic carboxylic acids is 1. The predicted octanol–water partition coefficient (Wildman–Crippen LogP) is 2.04. The molecule has 0 aliphatic carbocycles. The third-order valence-electron chi connectivity index (χ3n) is 4.54. The molecule has 3 atom stereocenters. The van der Waals surface area contributed by atoms with E-state index in [1.807, 2.05) is 43.5 Å². The summed E-state index contributed by atoms with van der Waals surface area (Å²) in [6, 6.07) is 9.05. The van der Waals surface area contributed by atoms with E-state index in [0.717, 1.165) is 11.3 Å². The second kappa shape index (κ2) is 6.79. The van der Waals surface area contributed by atoms with Crippen LogP contribution in [0, 0.1) is 0 Å². The van der Waals surface area contributed by atoms with Crippen LogP contribution in [-0.2, 0) is 19.1 Å². The van der Waals surface area contributed by atoms with Crippen LogP contribution < -0.4 is 5.32 Å². The summed E-state index contributed by atoms with van der Waals surface area (Å²) in [6.45, 7) is 6.42. The van der Waals surface area contributed by atoms with Crippen molar-refractivity contribution in [1.82, 2.24) is 15.1 Å². The Kier molecular flexibility index (Phi) is 4.79. The molecule has 2 heterocycles. The maximum absolute atomic E-state index is 12.8. The Bertz CT molecular complexity index is 832. The molecule has 2 aromatic rings. The number of amides is 1. The molecule has 1 aromatic carbocycles. The van der Waals surface area contributed by atoms with Gasteiger partial charge in [-0.05, 0) is 51.5 Å². The second-order valence-corrected chi connectivity index (χ2v) is 7.18. The zero-order chi connectivity index (χ0) is 19.8. The molecule has 8 heteroatoms. The molecule has 1 amide bonds. The number of hydrogen-bond donors (Lipinski definition) is 2. The van der Waals surface area contributed by atoms with Crippen LogP contribution in [-0.4, -0.2) is 44.3 Å². The van der Waals surface area contributed by atoms with Crippen LogP contribution in [0.5, 0.6) is 0 Å². The Morgan fingerprint density at radius 3 is 2.48 bits per heavy atom.